The number of allylic oxidation sites excluding steroid dienone is 1. The number of hydrogen-bond donors (Lipinski definition) is 0. The van der Waals surface area contributed by atoms with Crippen LogP contribution in [0.1, 0.15) is 23.2 Å². The van der Waals surface area contributed by atoms with Crippen molar-refractivity contribution < 1.29 is 0 Å². The number of fused-ring (bicyclic) bond motifs is 2. The van der Waals surface area contributed by atoms with Crippen molar-refractivity contribution in [2.45, 2.75) is 19.4 Å². The number of rotatable bonds is 1. The van der Waals surface area contributed by atoms with Crippen molar-refractivity contribution in [2.24, 2.45) is 0 Å². The lowest BCUT2D eigenvalue weighted by atomic mass is 10.0. The number of nitrogens with zero attached hydrogens (tertiary/aromatic N) is 4. The molecule has 5 rings (SSSR count). The Kier molecular flexibility index (Phi) is 3.42. The predicted molar refractivity (Wildman–Crippen MR) is 103 cm³/mol. The van der Waals surface area contributed by atoms with Crippen LogP contribution in [0.25, 0.3) is 11.4 Å². The third-order valence-electron chi connectivity index (χ3n) is 5.97. The van der Waals surface area contributed by atoms with Crippen molar-refractivity contribution in [1.82, 2.24) is 14.4 Å². The molecule has 0 amide bonds. The summed E-state index contributed by atoms with van der Waals surface area (Å²) in [5, 5.41) is 0. The van der Waals surface area contributed by atoms with Gasteiger partial charge in [0, 0.05) is 51.7 Å². The van der Waals surface area contributed by atoms with Crippen molar-refractivity contribution in [3.05, 3.63) is 53.4 Å². The molecule has 25 heavy (non-hydrogen) atoms. The molecule has 1 saturated heterocycles. The molecule has 1 aromatic heterocycles. The van der Waals surface area contributed by atoms with Gasteiger partial charge >= 0.3 is 0 Å². The molecular weight excluding hydrogens is 308 g/mol. The lowest BCUT2D eigenvalue weighted by Gasteiger charge is -2.34. The van der Waals surface area contributed by atoms with E-state index in [1.165, 1.54) is 33.9 Å². The highest BCUT2D eigenvalue weighted by atomic mass is 15.2. The lowest BCUT2D eigenvalue weighted by Crippen LogP contribution is -2.44. The van der Waals surface area contributed by atoms with Gasteiger partial charge in [0.05, 0.1) is 17.1 Å². The summed E-state index contributed by atoms with van der Waals surface area (Å²) in [6.45, 7) is 5.51. The van der Waals surface area contributed by atoms with Gasteiger partial charge in [-0.25, -0.2) is 0 Å². The number of aromatic nitrogens is 1. The van der Waals surface area contributed by atoms with Crippen molar-refractivity contribution in [1.29, 1.82) is 0 Å². The van der Waals surface area contributed by atoms with Crippen molar-refractivity contribution >= 4 is 11.4 Å². The van der Waals surface area contributed by atoms with E-state index >= 15 is 0 Å². The highest BCUT2D eigenvalue weighted by Crippen LogP contribution is 2.37. The molecule has 3 aliphatic rings. The van der Waals surface area contributed by atoms with E-state index in [0.717, 1.165) is 45.6 Å². The Labute approximate surface area is 149 Å². The molecule has 0 saturated carbocycles. The molecule has 0 unspecified atom stereocenters. The third-order valence-corrected chi connectivity index (χ3v) is 5.97. The van der Waals surface area contributed by atoms with Crippen LogP contribution in [-0.4, -0.2) is 54.6 Å². The number of anilines is 1. The zero-order valence-corrected chi connectivity index (χ0v) is 15.2. The number of benzene rings is 1. The van der Waals surface area contributed by atoms with E-state index in [-0.39, 0.29) is 0 Å². The maximum absolute atomic E-state index is 2.53. The van der Waals surface area contributed by atoms with Gasteiger partial charge in [-0.3, -0.25) is 0 Å². The molecule has 1 aliphatic carbocycles. The summed E-state index contributed by atoms with van der Waals surface area (Å²) in [4.78, 5) is 7.37. The third kappa shape index (κ3) is 2.39. The normalized spacial score (nSPS) is 20.0. The molecule has 2 aromatic rings. The Morgan fingerprint density at radius 1 is 0.920 bits per heavy atom. The van der Waals surface area contributed by atoms with Crippen LogP contribution in [0.4, 0.5) is 5.69 Å². The van der Waals surface area contributed by atoms with E-state index in [9.17, 15) is 0 Å². The Hall–Kier alpha value is -2.20. The first-order valence-corrected chi connectivity index (χ1v) is 9.39. The average Bonchev–Trinajstić information content (AvgIpc) is 3.01. The molecule has 1 fully saturated rings. The van der Waals surface area contributed by atoms with Crippen molar-refractivity contribution in [3.8, 4) is 5.69 Å². The molecule has 3 heterocycles. The van der Waals surface area contributed by atoms with Crippen LogP contribution < -0.4 is 4.90 Å². The average molecular weight is 334 g/mol. The van der Waals surface area contributed by atoms with Gasteiger partial charge in [0.1, 0.15) is 0 Å². The molecule has 130 valence electrons. The summed E-state index contributed by atoms with van der Waals surface area (Å²) in [6, 6.07) is 9.36. The SMILES string of the molecule is CN1CCN(c2ccc3c(c2)CN(C)C2=CCCc4ccn-3c42)CC1. The van der Waals surface area contributed by atoms with E-state index in [4.69, 9.17) is 0 Å². The first-order valence-electron chi connectivity index (χ1n) is 9.39. The Morgan fingerprint density at radius 3 is 2.60 bits per heavy atom. The first-order chi connectivity index (χ1) is 12.2. The summed E-state index contributed by atoms with van der Waals surface area (Å²) in [7, 11) is 4.44. The molecule has 0 bridgehead atoms. The molecule has 0 atom stereocenters. The Morgan fingerprint density at radius 2 is 1.76 bits per heavy atom. The second kappa shape index (κ2) is 5.67. The van der Waals surface area contributed by atoms with E-state index in [1.807, 2.05) is 0 Å². The summed E-state index contributed by atoms with van der Waals surface area (Å²) < 4.78 is 2.41. The van der Waals surface area contributed by atoms with Gasteiger partial charge in [-0.2, -0.15) is 0 Å². The molecule has 4 nitrogen and oxygen atoms in total. The largest absolute Gasteiger partial charge is 0.369 e. The molecular formula is C21H26N4. The van der Waals surface area contributed by atoms with Gasteiger partial charge < -0.3 is 19.3 Å². The summed E-state index contributed by atoms with van der Waals surface area (Å²) in [6.07, 6.45) is 6.98. The van der Waals surface area contributed by atoms with Gasteiger partial charge in [-0.15, -0.1) is 0 Å². The molecule has 0 spiro atoms. The van der Waals surface area contributed by atoms with Crippen LogP contribution in [0.5, 0.6) is 0 Å². The number of piperazine rings is 1. The summed E-state index contributed by atoms with van der Waals surface area (Å²) >= 11 is 0. The predicted octanol–water partition coefficient (Wildman–Crippen LogP) is 2.96. The summed E-state index contributed by atoms with van der Waals surface area (Å²) in [5.74, 6) is 0. The summed E-state index contributed by atoms with van der Waals surface area (Å²) in [5.41, 5.74) is 8.42. The smallest absolute Gasteiger partial charge is 0.0719 e. The molecule has 1 aromatic carbocycles. The highest BCUT2D eigenvalue weighted by Gasteiger charge is 2.26. The Balaban J connectivity index is 1.58. The zero-order chi connectivity index (χ0) is 17.0. The number of hydrogen-bond acceptors (Lipinski definition) is 3. The van der Waals surface area contributed by atoms with Gasteiger partial charge in [-0.1, -0.05) is 6.08 Å². The van der Waals surface area contributed by atoms with E-state index < -0.39 is 0 Å². The minimum absolute atomic E-state index is 0.976. The molecule has 4 heteroatoms. The van der Waals surface area contributed by atoms with Crippen LogP contribution >= 0.6 is 0 Å². The van der Waals surface area contributed by atoms with Crippen LogP contribution in [0, 0.1) is 0 Å². The van der Waals surface area contributed by atoms with Gasteiger partial charge in [0.2, 0.25) is 0 Å². The fourth-order valence-electron chi connectivity index (χ4n) is 4.50. The first kappa shape index (κ1) is 15.1. The monoisotopic (exact) mass is 334 g/mol. The molecule has 2 aliphatic heterocycles. The maximum Gasteiger partial charge on any atom is 0.0719 e. The second-order valence-electron chi connectivity index (χ2n) is 7.65. The standard InChI is InChI=1S/C21H26N4/c1-22-10-12-24(13-11-22)18-6-7-19-17(14-18)15-23(2)20-5-3-4-16-8-9-25(19)21(16)20/h5-9,14H,3-4,10-13,15H2,1-2H3. The van der Waals surface area contributed by atoms with Crippen molar-refractivity contribution in [2.75, 3.05) is 45.2 Å². The van der Waals surface area contributed by atoms with Gasteiger partial charge in [0.25, 0.3) is 0 Å². The quantitative estimate of drug-likeness (QED) is 0.797. The Bertz CT molecular complexity index is 840. The fraction of sp³-hybridized carbons (Fsp3) is 0.429. The zero-order valence-electron chi connectivity index (χ0n) is 15.2. The minimum Gasteiger partial charge on any atom is -0.369 e. The second-order valence-corrected chi connectivity index (χ2v) is 7.65. The topological polar surface area (TPSA) is 14.7 Å². The van der Waals surface area contributed by atoms with Gasteiger partial charge in [0.15, 0.2) is 0 Å². The van der Waals surface area contributed by atoms with Crippen molar-refractivity contribution in [3.63, 3.8) is 0 Å². The minimum atomic E-state index is 0.976. The van der Waals surface area contributed by atoms with E-state index in [0.29, 0.717) is 0 Å². The van der Waals surface area contributed by atoms with Crippen LogP contribution in [0.15, 0.2) is 36.5 Å². The maximum atomic E-state index is 2.53. The van der Waals surface area contributed by atoms with Gasteiger partial charge in [-0.05, 0) is 55.3 Å². The number of likely N-dealkylation sites (N-methyl/N-ethyl adjacent to an activating group) is 1. The van der Waals surface area contributed by atoms with Crippen LogP contribution in [0.2, 0.25) is 0 Å². The molecule has 0 N–H and O–H groups in total. The fourth-order valence-corrected chi connectivity index (χ4v) is 4.50. The van der Waals surface area contributed by atoms with Crippen LogP contribution in [-0.2, 0) is 13.0 Å². The highest BCUT2D eigenvalue weighted by molar-refractivity contribution is 5.71. The lowest BCUT2D eigenvalue weighted by molar-refractivity contribution is 0.313. The number of aryl methyl sites for hydroxylation is 1. The molecule has 0 radical (unpaired) electrons. The van der Waals surface area contributed by atoms with E-state index in [1.54, 1.807) is 0 Å². The van der Waals surface area contributed by atoms with E-state index in [2.05, 4.69) is 69.9 Å². The van der Waals surface area contributed by atoms with Crippen LogP contribution in [0.3, 0.4) is 0 Å².